The molecule has 1 atom stereocenters. The average molecular weight is 288 g/mol. The van der Waals surface area contributed by atoms with Gasteiger partial charge >= 0.3 is 0 Å². The molecule has 4 heteroatoms. The van der Waals surface area contributed by atoms with Gasteiger partial charge < -0.3 is 14.4 Å². The van der Waals surface area contributed by atoms with E-state index in [0.717, 1.165) is 32.7 Å². The first kappa shape index (κ1) is 15.8. The van der Waals surface area contributed by atoms with E-state index in [1.54, 1.807) is 6.07 Å². The highest BCUT2D eigenvalue weighted by atomic mass is 16.5. The molecule has 0 amide bonds. The van der Waals surface area contributed by atoms with Gasteiger partial charge in [0.25, 0.3) is 0 Å². The van der Waals surface area contributed by atoms with Gasteiger partial charge in [0.15, 0.2) is 0 Å². The van der Waals surface area contributed by atoms with Crippen LogP contribution in [-0.2, 0) is 4.74 Å². The Kier molecular flexibility index (Phi) is 6.52. The van der Waals surface area contributed by atoms with Crippen molar-refractivity contribution >= 4 is 0 Å². The molecule has 1 aliphatic rings. The molecule has 1 saturated heterocycles. The first-order valence-electron chi connectivity index (χ1n) is 7.79. The zero-order valence-electron chi connectivity index (χ0n) is 12.8. The lowest BCUT2D eigenvalue weighted by atomic mass is 10.2. The molecule has 1 aromatic carbocycles. The Morgan fingerprint density at radius 1 is 1.43 bits per heavy atom. The summed E-state index contributed by atoms with van der Waals surface area (Å²) in [6.07, 6.45) is 3.74. The lowest BCUT2D eigenvalue weighted by Gasteiger charge is -2.23. The molecule has 0 N–H and O–H groups in total. The number of rotatable bonds is 8. The summed E-state index contributed by atoms with van der Waals surface area (Å²) in [5.74, 6) is 0.683. The number of nitrogens with zero attached hydrogens (tertiary/aromatic N) is 2. The minimum absolute atomic E-state index is 0.408. The second-order valence-electron chi connectivity index (χ2n) is 5.34. The number of nitriles is 1. The van der Waals surface area contributed by atoms with Crippen molar-refractivity contribution in [2.75, 3.05) is 32.8 Å². The van der Waals surface area contributed by atoms with Gasteiger partial charge in [-0.25, -0.2) is 0 Å². The molecule has 1 fully saturated rings. The first-order chi connectivity index (χ1) is 10.3. The van der Waals surface area contributed by atoms with E-state index in [1.807, 2.05) is 18.2 Å². The van der Waals surface area contributed by atoms with Crippen LogP contribution in [0.5, 0.6) is 5.75 Å². The Labute approximate surface area is 127 Å². The standard InChI is InChI=1S/C17H24N2O2/c1-2-19(14-16-8-5-11-20-16)10-6-12-21-17-9-4-3-7-15(17)13-18/h3-4,7,9,16H,2,5-6,8,10-12,14H2,1H3. The van der Waals surface area contributed by atoms with E-state index in [4.69, 9.17) is 14.7 Å². The van der Waals surface area contributed by atoms with Gasteiger partial charge in [-0.3, -0.25) is 0 Å². The molecule has 2 rings (SSSR count). The van der Waals surface area contributed by atoms with Crippen LogP contribution in [0.4, 0.5) is 0 Å². The number of ether oxygens (including phenoxy) is 2. The van der Waals surface area contributed by atoms with Crippen molar-refractivity contribution in [3.63, 3.8) is 0 Å². The Hall–Kier alpha value is -1.57. The van der Waals surface area contributed by atoms with Crippen LogP contribution in [0.2, 0.25) is 0 Å². The average Bonchev–Trinajstić information content (AvgIpc) is 3.03. The fourth-order valence-electron chi connectivity index (χ4n) is 2.61. The van der Waals surface area contributed by atoms with E-state index in [2.05, 4.69) is 17.9 Å². The van der Waals surface area contributed by atoms with E-state index in [0.29, 0.717) is 24.0 Å². The van der Waals surface area contributed by atoms with Crippen LogP contribution in [0, 0.1) is 11.3 Å². The van der Waals surface area contributed by atoms with Crippen LogP contribution in [-0.4, -0.2) is 43.9 Å². The highest BCUT2D eigenvalue weighted by Crippen LogP contribution is 2.17. The fraction of sp³-hybridized carbons (Fsp3) is 0.588. The molecular weight excluding hydrogens is 264 g/mol. The number of benzene rings is 1. The maximum atomic E-state index is 9.01. The van der Waals surface area contributed by atoms with Gasteiger partial charge in [0.05, 0.1) is 18.3 Å². The van der Waals surface area contributed by atoms with Crippen LogP contribution in [0.1, 0.15) is 31.7 Å². The zero-order chi connectivity index (χ0) is 14.9. The molecule has 1 unspecified atom stereocenters. The van der Waals surface area contributed by atoms with Gasteiger partial charge in [-0.1, -0.05) is 19.1 Å². The fourth-order valence-corrected chi connectivity index (χ4v) is 2.61. The zero-order valence-corrected chi connectivity index (χ0v) is 12.8. The summed E-state index contributed by atoms with van der Waals surface area (Å²) in [4.78, 5) is 2.41. The molecule has 0 saturated carbocycles. The van der Waals surface area contributed by atoms with Crippen LogP contribution in [0.15, 0.2) is 24.3 Å². The van der Waals surface area contributed by atoms with Crippen molar-refractivity contribution in [2.24, 2.45) is 0 Å². The highest BCUT2D eigenvalue weighted by Gasteiger charge is 2.18. The molecule has 1 aromatic rings. The van der Waals surface area contributed by atoms with E-state index >= 15 is 0 Å². The highest BCUT2D eigenvalue weighted by molar-refractivity contribution is 5.42. The molecule has 0 aromatic heterocycles. The molecule has 1 heterocycles. The molecule has 4 nitrogen and oxygen atoms in total. The molecule has 0 spiro atoms. The predicted molar refractivity (Wildman–Crippen MR) is 82.4 cm³/mol. The van der Waals surface area contributed by atoms with Crippen molar-refractivity contribution in [3.8, 4) is 11.8 Å². The van der Waals surface area contributed by atoms with Crippen LogP contribution >= 0.6 is 0 Å². The van der Waals surface area contributed by atoms with Gasteiger partial charge in [-0.05, 0) is 37.9 Å². The van der Waals surface area contributed by atoms with Gasteiger partial charge in [-0.15, -0.1) is 0 Å². The lowest BCUT2D eigenvalue weighted by Crippen LogP contribution is -2.33. The predicted octanol–water partition coefficient (Wildman–Crippen LogP) is 2.83. The molecule has 0 aliphatic carbocycles. The largest absolute Gasteiger partial charge is 0.492 e. The van der Waals surface area contributed by atoms with Crippen molar-refractivity contribution in [3.05, 3.63) is 29.8 Å². The second kappa shape index (κ2) is 8.66. The number of likely N-dealkylation sites (N-methyl/N-ethyl adjacent to an activating group) is 1. The van der Waals surface area contributed by atoms with Crippen LogP contribution in [0.3, 0.4) is 0 Å². The molecule has 114 valence electrons. The minimum Gasteiger partial charge on any atom is -0.492 e. The molecule has 0 radical (unpaired) electrons. The topological polar surface area (TPSA) is 45.5 Å². The normalized spacial score (nSPS) is 17.9. The van der Waals surface area contributed by atoms with Gasteiger partial charge in [0.2, 0.25) is 0 Å². The summed E-state index contributed by atoms with van der Waals surface area (Å²) in [6, 6.07) is 9.53. The van der Waals surface area contributed by atoms with E-state index in [9.17, 15) is 0 Å². The van der Waals surface area contributed by atoms with Gasteiger partial charge in [0.1, 0.15) is 11.8 Å². The van der Waals surface area contributed by atoms with Gasteiger partial charge in [-0.2, -0.15) is 5.26 Å². The maximum absolute atomic E-state index is 9.01. The number of hydrogen-bond donors (Lipinski definition) is 0. The summed E-state index contributed by atoms with van der Waals surface area (Å²) in [5, 5.41) is 9.01. The summed E-state index contributed by atoms with van der Waals surface area (Å²) in [7, 11) is 0. The van der Waals surface area contributed by atoms with Crippen LogP contribution < -0.4 is 4.74 Å². The molecule has 0 bridgehead atoms. The molecular formula is C17H24N2O2. The third-order valence-electron chi connectivity index (χ3n) is 3.82. The van der Waals surface area contributed by atoms with Crippen LogP contribution in [0.25, 0.3) is 0 Å². The Morgan fingerprint density at radius 3 is 3.00 bits per heavy atom. The van der Waals surface area contributed by atoms with Crippen molar-refractivity contribution in [1.82, 2.24) is 4.90 Å². The SMILES string of the molecule is CCN(CCCOc1ccccc1C#N)CC1CCCO1. The smallest absolute Gasteiger partial charge is 0.137 e. The van der Waals surface area contributed by atoms with Crippen molar-refractivity contribution in [2.45, 2.75) is 32.3 Å². The first-order valence-corrected chi connectivity index (χ1v) is 7.79. The van der Waals surface area contributed by atoms with E-state index in [1.165, 1.54) is 12.8 Å². The van der Waals surface area contributed by atoms with Crippen molar-refractivity contribution in [1.29, 1.82) is 5.26 Å². The Morgan fingerprint density at radius 2 is 2.29 bits per heavy atom. The summed E-state index contributed by atoms with van der Waals surface area (Å²) >= 11 is 0. The molecule has 21 heavy (non-hydrogen) atoms. The lowest BCUT2D eigenvalue weighted by molar-refractivity contribution is 0.0730. The van der Waals surface area contributed by atoms with Gasteiger partial charge in [0, 0.05) is 19.7 Å². The quantitative estimate of drug-likeness (QED) is 0.690. The Balaban J connectivity index is 1.69. The third-order valence-corrected chi connectivity index (χ3v) is 3.82. The summed E-state index contributed by atoms with van der Waals surface area (Å²) in [6.45, 7) is 6.79. The Bertz CT molecular complexity index is 464. The molecule has 1 aliphatic heterocycles. The van der Waals surface area contributed by atoms with Crippen molar-refractivity contribution < 1.29 is 9.47 Å². The van der Waals surface area contributed by atoms with E-state index < -0.39 is 0 Å². The monoisotopic (exact) mass is 288 g/mol. The summed E-state index contributed by atoms with van der Waals surface area (Å²) < 4.78 is 11.4. The van der Waals surface area contributed by atoms with E-state index in [-0.39, 0.29) is 0 Å². The number of hydrogen-bond acceptors (Lipinski definition) is 4. The maximum Gasteiger partial charge on any atom is 0.137 e. The third kappa shape index (κ3) is 5.04. The second-order valence-corrected chi connectivity index (χ2v) is 5.34. The minimum atomic E-state index is 0.408. The summed E-state index contributed by atoms with van der Waals surface area (Å²) in [5.41, 5.74) is 0.601. The number of para-hydroxylation sites is 1.